The lowest BCUT2D eigenvalue weighted by molar-refractivity contribution is -0.286. The number of rotatable bonds is 4. The van der Waals surface area contributed by atoms with E-state index in [-0.39, 0.29) is 11.5 Å². The van der Waals surface area contributed by atoms with Gasteiger partial charge >= 0.3 is 6.29 Å². The molecule has 2 aliphatic heterocycles. The van der Waals surface area contributed by atoms with E-state index in [1.807, 2.05) is 0 Å². The molecule has 1 aromatic rings. The number of fused-ring (bicyclic) bond motifs is 1. The lowest BCUT2D eigenvalue weighted by atomic mass is 10.2. The summed E-state index contributed by atoms with van der Waals surface area (Å²) in [6.45, 7) is 1.57. The molecule has 0 aromatic heterocycles. The molecule has 1 unspecified atom stereocenters. The van der Waals surface area contributed by atoms with Crippen LogP contribution in [0, 0.1) is 0 Å². The van der Waals surface area contributed by atoms with E-state index < -0.39 is 6.29 Å². The Morgan fingerprint density at radius 2 is 2.11 bits per heavy atom. The molecule has 0 bridgehead atoms. The van der Waals surface area contributed by atoms with Crippen LogP contribution in [-0.2, 0) is 4.74 Å². The Hall–Kier alpha value is -1.56. The van der Waals surface area contributed by atoms with Crippen molar-refractivity contribution >= 4 is 5.69 Å². The number of anilines is 1. The number of alkyl halides is 2. The van der Waals surface area contributed by atoms with Crippen molar-refractivity contribution in [3.05, 3.63) is 18.2 Å². The Balaban J connectivity index is 1.55. The summed E-state index contributed by atoms with van der Waals surface area (Å²) in [5.74, 6) is 0.127. The van der Waals surface area contributed by atoms with E-state index in [0.29, 0.717) is 6.10 Å². The first-order valence-electron chi connectivity index (χ1n) is 6.38. The molecule has 1 saturated heterocycles. The molecule has 104 valence electrons. The highest BCUT2D eigenvalue weighted by molar-refractivity contribution is 5.55. The van der Waals surface area contributed by atoms with Gasteiger partial charge in [-0.2, -0.15) is 0 Å². The molecule has 2 aliphatic rings. The van der Waals surface area contributed by atoms with Gasteiger partial charge in [-0.3, -0.25) is 0 Å². The van der Waals surface area contributed by atoms with Crippen molar-refractivity contribution in [2.75, 3.05) is 18.5 Å². The van der Waals surface area contributed by atoms with Gasteiger partial charge < -0.3 is 19.5 Å². The minimum atomic E-state index is -3.56. The van der Waals surface area contributed by atoms with Gasteiger partial charge in [-0.05, 0) is 31.4 Å². The molecule has 0 amide bonds. The van der Waals surface area contributed by atoms with Crippen LogP contribution in [0.1, 0.15) is 19.3 Å². The third-order valence-electron chi connectivity index (χ3n) is 3.22. The second kappa shape index (κ2) is 4.85. The Kier molecular flexibility index (Phi) is 3.18. The minimum absolute atomic E-state index is 0.0621. The molecule has 1 N–H and O–H groups in total. The number of benzene rings is 1. The van der Waals surface area contributed by atoms with Crippen LogP contribution in [0.3, 0.4) is 0 Å². The van der Waals surface area contributed by atoms with Crippen LogP contribution in [0.25, 0.3) is 0 Å². The second-order valence-corrected chi connectivity index (χ2v) is 4.68. The van der Waals surface area contributed by atoms with E-state index in [2.05, 4.69) is 14.8 Å². The third kappa shape index (κ3) is 2.89. The van der Waals surface area contributed by atoms with Gasteiger partial charge in [-0.15, -0.1) is 8.78 Å². The fourth-order valence-electron chi connectivity index (χ4n) is 2.31. The number of halogens is 2. The largest absolute Gasteiger partial charge is 0.586 e. The predicted molar refractivity (Wildman–Crippen MR) is 64.7 cm³/mol. The summed E-state index contributed by atoms with van der Waals surface area (Å²) in [5.41, 5.74) is 0.734. The molecule has 0 aliphatic carbocycles. The molecule has 0 spiro atoms. The Labute approximate surface area is 109 Å². The van der Waals surface area contributed by atoms with Crippen LogP contribution in [0.2, 0.25) is 0 Å². The zero-order valence-electron chi connectivity index (χ0n) is 10.3. The fraction of sp³-hybridized carbons (Fsp3) is 0.538. The number of ether oxygens (including phenoxy) is 3. The summed E-state index contributed by atoms with van der Waals surface area (Å²) in [6.07, 6.45) is -0.131. The standard InChI is InChI=1S/C13H15F2NO3/c14-13(15)18-11-4-3-9(8-12(11)19-13)16-6-5-10-2-1-7-17-10/h3-4,8,10,16H,1-2,5-7H2. The van der Waals surface area contributed by atoms with E-state index in [1.165, 1.54) is 12.1 Å². The lowest BCUT2D eigenvalue weighted by Crippen LogP contribution is -2.25. The fourth-order valence-corrected chi connectivity index (χ4v) is 2.31. The van der Waals surface area contributed by atoms with Gasteiger partial charge in [0.2, 0.25) is 0 Å². The molecule has 19 heavy (non-hydrogen) atoms. The second-order valence-electron chi connectivity index (χ2n) is 4.68. The zero-order chi connectivity index (χ0) is 13.3. The minimum Gasteiger partial charge on any atom is -0.395 e. The molecule has 1 fully saturated rings. The zero-order valence-corrected chi connectivity index (χ0v) is 10.3. The summed E-state index contributed by atoms with van der Waals surface area (Å²) in [6, 6.07) is 4.69. The summed E-state index contributed by atoms with van der Waals surface area (Å²) < 4.78 is 39.9. The average Bonchev–Trinajstić information content (AvgIpc) is 2.94. The molecule has 0 radical (unpaired) electrons. The lowest BCUT2D eigenvalue weighted by Gasteiger charge is -2.11. The van der Waals surface area contributed by atoms with Crippen molar-refractivity contribution in [3.63, 3.8) is 0 Å². The predicted octanol–water partition coefficient (Wildman–Crippen LogP) is 2.99. The molecule has 1 aromatic carbocycles. The van der Waals surface area contributed by atoms with Crippen molar-refractivity contribution in [1.29, 1.82) is 0 Å². The molecule has 0 saturated carbocycles. The summed E-state index contributed by atoms with van der Waals surface area (Å²) >= 11 is 0. The van der Waals surface area contributed by atoms with Gasteiger partial charge in [0.15, 0.2) is 11.5 Å². The molecule has 3 rings (SSSR count). The maximum atomic E-state index is 12.8. The monoisotopic (exact) mass is 271 g/mol. The number of hydrogen-bond donors (Lipinski definition) is 1. The maximum absolute atomic E-state index is 12.8. The van der Waals surface area contributed by atoms with Gasteiger partial charge in [0, 0.05) is 24.9 Å². The molecule has 4 nitrogen and oxygen atoms in total. The van der Waals surface area contributed by atoms with Crippen LogP contribution in [0.5, 0.6) is 11.5 Å². The Bertz CT molecular complexity index is 461. The topological polar surface area (TPSA) is 39.7 Å². The SMILES string of the molecule is FC1(F)Oc2ccc(NCCC3CCCO3)cc2O1. The van der Waals surface area contributed by atoms with E-state index in [0.717, 1.165) is 38.1 Å². The molecular weight excluding hydrogens is 256 g/mol. The van der Waals surface area contributed by atoms with E-state index in [4.69, 9.17) is 4.74 Å². The van der Waals surface area contributed by atoms with Crippen LogP contribution >= 0.6 is 0 Å². The van der Waals surface area contributed by atoms with Crippen LogP contribution in [0.15, 0.2) is 18.2 Å². The Morgan fingerprint density at radius 1 is 1.26 bits per heavy atom. The van der Waals surface area contributed by atoms with Crippen molar-refractivity contribution in [2.24, 2.45) is 0 Å². The van der Waals surface area contributed by atoms with Crippen LogP contribution in [-0.4, -0.2) is 25.6 Å². The number of nitrogens with one attached hydrogen (secondary N) is 1. The van der Waals surface area contributed by atoms with Crippen molar-refractivity contribution in [1.82, 2.24) is 0 Å². The smallest absolute Gasteiger partial charge is 0.395 e. The molecule has 6 heteroatoms. The first-order valence-corrected chi connectivity index (χ1v) is 6.38. The van der Waals surface area contributed by atoms with Crippen molar-refractivity contribution < 1.29 is 23.0 Å². The number of hydrogen-bond acceptors (Lipinski definition) is 4. The van der Waals surface area contributed by atoms with E-state index in [9.17, 15) is 8.78 Å². The maximum Gasteiger partial charge on any atom is 0.586 e. The third-order valence-corrected chi connectivity index (χ3v) is 3.22. The van der Waals surface area contributed by atoms with Gasteiger partial charge in [-0.25, -0.2) is 0 Å². The first-order chi connectivity index (χ1) is 9.12. The quantitative estimate of drug-likeness (QED) is 0.913. The summed E-state index contributed by atoms with van der Waals surface area (Å²) in [5, 5.41) is 3.17. The van der Waals surface area contributed by atoms with Crippen LogP contribution in [0.4, 0.5) is 14.5 Å². The molecule has 2 heterocycles. The van der Waals surface area contributed by atoms with E-state index >= 15 is 0 Å². The highest BCUT2D eigenvalue weighted by Crippen LogP contribution is 2.42. The highest BCUT2D eigenvalue weighted by Gasteiger charge is 2.43. The normalized spacial score (nSPS) is 23.6. The van der Waals surface area contributed by atoms with Crippen molar-refractivity contribution in [2.45, 2.75) is 31.7 Å². The van der Waals surface area contributed by atoms with Gasteiger partial charge in [0.1, 0.15) is 0 Å². The highest BCUT2D eigenvalue weighted by atomic mass is 19.3. The van der Waals surface area contributed by atoms with Crippen LogP contribution < -0.4 is 14.8 Å². The summed E-state index contributed by atoms with van der Waals surface area (Å²) in [4.78, 5) is 0. The van der Waals surface area contributed by atoms with Gasteiger partial charge in [-0.1, -0.05) is 0 Å². The average molecular weight is 271 g/mol. The van der Waals surface area contributed by atoms with Crippen molar-refractivity contribution in [3.8, 4) is 11.5 Å². The molecular formula is C13H15F2NO3. The first kappa shape index (κ1) is 12.5. The Morgan fingerprint density at radius 3 is 2.89 bits per heavy atom. The van der Waals surface area contributed by atoms with Gasteiger partial charge in [0.05, 0.1) is 6.10 Å². The van der Waals surface area contributed by atoms with Gasteiger partial charge in [0.25, 0.3) is 0 Å². The molecule has 1 atom stereocenters. The van der Waals surface area contributed by atoms with E-state index in [1.54, 1.807) is 6.07 Å². The summed E-state index contributed by atoms with van der Waals surface area (Å²) in [7, 11) is 0.